The summed E-state index contributed by atoms with van der Waals surface area (Å²) in [5, 5.41) is 8.66. The zero-order valence-electron chi connectivity index (χ0n) is 11.8. The average Bonchev–Trinajstić information content (AvgIpc) is 2.86. The fourth-order valence-corrected chi connectivity index (χ4v) is 4.03. The molecule has 0 radical (unpaired) electrons. The summed E-state index contributed by atoms with van der Waals surface area (Å²) in [6.07, 6.45) is -0.224. The van der Waals surface area contributed by atoms with Crippen molar-refractivity contribution in [1.29, 1.82) is 0 Å². The minimum atomic E-state index is -3.79. The van der Waals surface area contributed by atoms with Crippen LogP contribution in [-0.4, -0.2) is 49.9 Å². The highest BCUT2D eigenvalue weighted by Crippen LogP contribution is 2.21. The second-order valence-electron chi connectivity index (χ2n) is 4.18. The van der Waals surface area contributed by atoms with E-state index in [-0.39, 0.29) is 23.1 Å². The van der Waals surface area contributed by atoms with Crippen molar-refractivity contribution in [3.8, 4) is 0 Å². The summed E-state index contributed by atoms with van der Waals surface area (Å²) in [4.78, 5) is 24.3. The number of likely N-dealkylation sites (N-methyl/N-ethyl adjacent to an activating group) is 1. The number of rotatable bonds is 8. The average molecular weight is 334 g/mol. The van der Waals surface area contributed by atoms with Crippen LogP contribution in [0.25, 0.3) is 0 Å². The molecular formula is C12H18N2O5S2. The number of amides is 1. The summed E-state index contributed by atoms with van der Waals surface area (Å²) in [6.45, 7) is 4.34. The number of hydrogen-bond donors (Lipinski definition) is 2. The Morgan fingerprint density at radius 3 is 2.43 bits per heavy atom. The molecule has 1 amide bonds. The zero-order valence-corrected chi connectivity index (χ0v) is 13.5. The lowest BCUT2D eigenvalue weighted by atomic mass is 10.3. The smallest absolute Gasteiger partial charge is 0.308 e. The molecule has 1 heterocycles. The SMILES string of the molecule is CCN(CC)C(=O)CNS(=O)(=O)c1ccc(CC(=O)O)s1. The van der Waals surface area contributed by atoms with E-state index in [4.69, 9.17) is 5.11 Å². The molecule has 0 aromatic carbocycles. The number of nitrogens with one attached hydrogen (secondary N) is 1. The molecule has 9 heteroatoms. The van der Waals surface area contributed by atoms with Crippen LogP contribution in [0, 0.1) is 0 Å². The molecule has 0 saturated carbocycles. The Balaban J connectivity index is 2.71. The third-order valence-corrected chi connectivity index (χ3v) is 5.74. The molecule has 0 saturated heterocycles. The van der Waals surface area contributed by atoms with Crippen LogP contribution in [0.15, 0.2) is 16.3 Å². The van der Waals surface area contributed by atoms with Gasteiger partial charge in [0.25, 0.3) is 10.0 Å². The van der Waals surface area contributed by atoms with Crippen molar-refractivity contribution in [2.45, 2.75) is 24.5 Å². The second-order valence-corrected chi connectivity index (χ2v) is 7.34. The topological polar surface area (TPSA) is 104 Å². The fraction of sp³-hybridized carbons (Fsp3) is 0.500. The summed E-state index contributed by atoms with van der Waals surface area (Å²) in [7, 11) is -3.79. The van der Waals surface area contributed by atoms with Crippen LogP contribution in [0.2, 0.25) is 0 Å². The van der Waals surface area contributed by atoms with E-state index >= 15 is 0 Å². The minimum absolute atomic E-state index is 0.00565. The molecular weight excluding hydrogens is 316 g/mol. The summed E-state index contributed by atoms with van der Waals surface area (Å²) in [5.41, 5.74) is 0. The summed E-state index contributed by atoms with van der Waals surface area (Å²) < 4.78 is 26.3. The van der Waals surface area contributed by atoms with Crippen LogP contribution in [0.5, 0.6) is 0 Å². The Labute approximate surface area is 127 Å². The maximum absolute atomic E-state index is 12.0. The number of carboxylic acid groups (broad SMARTS) is 1. The third kappa shape index (κ3) is 5.10. The van der Waals surface area contributed by atoms with Gasteiger partial charge in [0.05, 0.1) is 13.0 Å². The molecule has 0 aliphatic carbocycles. The first-order valence-corrected chi connectivity index (χ1v) is 8.68. The van der Waals surface area contributed by atoms with Gasteiger partial charge in [-0.1, -0.05) is 0 Å². The van der Waals surface area contributed by atoms with E-state index < -0.39 is 16.0 Å². The number of carbonyl (C=O) groups excluding carboxylic acids is 1. The van der Waals surface area contributed by atoms with Crippen molar-refractivity contribution in [1.82, 2.24) is 9.62 Å². The standard InChI is InChI=1S/C12H18N2O5S2/c1-3-14(4-2)10(15)8-13-21(18,19)12-6-5-9(20-12)7-11(16)17/h5-6,13H,3-4,7-8H2,1-2H3,(H,16,17). The number of nitrogens with zero attached hydrogens (tertiary/aromatic N) is 1. The van der Waals surface area contributed by atoms with Gasteiger partial charge in [0, 0.05) is 18.0 Å². The van der Waals surface area contributed by atoms with Crippen LogP contribution in [0.3, 0.4) is 0 Å². The van der Waals surface area contributed by atoms with Gasteiger partial charge >= 0.3 is 5.97 Å². The minimum Gasteiger partial charge on any atom is -0.481 e. The number of thiophene rings is 1. The quantitative estimate of drug-likeness (QED) is 0.721. The monoisotopic (exact) mass is 334 g/mol. The summed E-state index contributed by atoms with van der Waals surface area (Å²) in [6, 6.07) is 2.80. The summed E-state index contributed by atoms with van der Waals surface area (Å²) in [5.74, 6) is -1.32. The third-order valence-electron chi connectivity index (χ3n) is 2.76. The van der Waals surface area contributed by atoms with Gasteiger partial charge in [0.15, 0.2) is 0 Å². The number of carboxylic acids is 1. The van der Waals surface area contributed by atoms with Gasteiger partial charge in [0.1, 0.15) is 4.21 Å². The first kappa shape index (κ1) is 17.6. The lowest BCUT2D eigenvalue weighted by Crippen LogP contribution is -2.39. The molecule has 1 rings (SSSR count). The lowest BCUT2D eigenvalue weighted by molar-refractivity contribution is -0.136. The fourth-order valence-electron chi connectivity index (χ4n) is 1.66. The van der Waals surface area contributed by atoms with E-state index in [0.29, 0.717) is 18.0 Å². The van der Waals surface area contributed by atoms with E-state index in [1.165, 1.54) is 17.0 Å². The van der Waals surface area contributed by atoms with E-state index in [2.05, 4.69) is 4.72 Å². The molecule has 0 aliphatic heterocycles. The highest BCUT2D eigenvalue weighted by atomic mass is 32.2. The Morgan fingerprint density at radius 2 is 1.90 bits per heavy atom. The lowest BCUT2D eigenvalue weighted by Gasteiger charge is -2.18. The van der Waals surface area contributed by atoms with Crippen LogP contribution >= 0.6 is 11.3 Å². The van der Waals surface area contributed by atoms with Gasteiger partial charge in [-0.25, -0.2) is 13.1 Å². The highest BCUT2D eigenvalue weighted by Gasteiger charge is 2.20. The van der Waals surface area contributed by atoms with E-state index in [1.807, 2.05) is 13.8 Å². The second kappa shape index (κ2) is 7.53. The van der Waals surface area contributed by atoms with Crippen molar-refractivity contribution in [3.63, 3.8) is 0 Å². The van der Waals surface area contributed by atoms with Gasteiger partial charge in [-0.15, -0.1) is 11.3 Å². The van der Waals surface area contributed by atoms with Gasteiger partial charge in [0.2, 0.25) is 5.91 Å². The largest absolute Gasteiger partial charge is 0.481 e. The molecule has 2 N–H and O–H groups in total. The van der Waals surface area contributed by atoms with E-state index in [9.17, 15) is 18.0 Å². The number of carbonyl (C=O) groups is 2. The number of aliphatic carboxylic acids is 1. The van der Waals surface area contributed by atoms with Crippen LogP contribution in [0.1, 0.15) is 18.7 Å². The first-order chi connectivity index (χ1) is 9.80. The van der Waals surface area contributed by atoms with Crippen LogP contribution in [0.4, 0.5) is 0 Å². The number of sulfonamides is 1. The molecule has 21 heavy (non-hydrogen) atoms. The molecule has 0 unspecified atom stereocenters. The predicted octanol–water partition coefficient (Wildman–Crippen LogP) is 0.522. The molecule has 7 nitrogen and oxygen atoms in total. The molecule has 0 bridgehead atoms. The maximum Gasteiger partial charge on any atom is 0.308 e. The molecule has 1 aromatic rings. The normalized spacial score (nSPS) is 11.3. The van der Waals surface area contributed by atoms with Gasteiger partial charge in [-0.2, -0.15) is 0 Å². The summed E-state index contributed by atoms with van der Waals surface area (Å²) >= 11 is 0.884. The zero-order chi connectivity index (χ0) is 16.0. The van der Waals surface area contributed by atoms with Crippen LogP contribution < -0.4 is 4.72 Å². The molecule has 0 atom stereocenters. The van der Waals surface area contributed by atoms with Crippen molar-refractivity contribution in [2.75, 3.05) is 19.6 Å². The van der Waals surface area contributed by atoms with Gasteiger partial charge in [-0.05, 0) is 26.0 Å². The first-order valence-electron chi connectivity index (χ1n) is 6.38. The number of hydrogen-bond acceptors (Lipinski definition) is 5. The molecule has 118 valence electrons. The van der Waals surface area contributed by atoms with Crippen molar-refractivity contribution in [3.05, 3.63) is 17.0 Å². The molecule has 1 aromatic heterocycles. The van der Waals surface area contributed by atoms with E-state index in [0.717, 1.165) is 11.3 Å². The molecule has 0 aliphatic rings. The van der Waals surface area contributed by atoms with Crippen molar-refractivity contribution >= 4 is 33.2 Å². The predicted molar refractivity (Wildman–Crippen MR) is 78.8 cm³/mol. The Kier molecular flexibility index (Phi) is 6.31. The Bertz CT molecular complexity index is 605. The molecule has 0 fully saturated rings. The van der Waals surface area contributed by atoms with Crippen LogP contribution in [-0.2, 0) is 26.0 Å². The van der Waals surface area contributed by atoms with E-state index in [1.54, 1.807) is 0 Å². The molecule has 0 spiro atoms. The maximum atomic E-state index is 12.0. The highest BCUT2D eigenvalue weighted by molar-refractivity contribution is 7.91. The Hall–Kier alpha value is -1.45. The van der Waals surface area contributed by atoms with Crippen molar-refractivity contribution in [2.24, 2.45) is 0 Å². The Morgan fingerprint density at radius 1 is 1.29 bits per heavy atom. The van der Waals surface area contributed by atoms with Crippen molar-refractivity contribution < 1.29 is 23.1 Å². The van der Waals surface area contributed by atoms with Gasteiger partial charge < -0.3 is 10.0 Å². The van der Waals surface area contributed by atoms with Gasteiger partial charge in [-0.3, -0.25) is 9.59 Å².